The quantitative estimate of drug-likeness (QED) is 0.277. The van der Waals surface area contributed by atoms with Crippen LogP contribution in [0.5, 0.6) is 0 Å². The summed E-state index contributed by atoms with van der Waals surface area (Å²) < 4.78 is 0. The average Bonchev–Trinajstić information content (AvgIpc) is 2.67. The van der Waals surface area contributed by atoms with Crippen molar-refractivity contribution in [3.63, 3.8) is 0 Å². The zero-order valence-corrected chi connectivity index (χ0v) is 18.8. The second-order valence-electron chi connectivity index (χ2n) is 8.49. The van der Waals surface area contributed by atoms with Crippen molar-refractivity contribution in [1.82, 2.24) is 16.1 Å². The predicted octanol–water partition coefficient (Wildman–Crippen LogP) is 2.59. The molecule has 162 valence electrons. The summed E-state index contributed by atoms with van der Waals surface area (Å²) in [4.78, 5) is 38.9. The number of nitrogens with one attached hydrogen (secondary N) is 3. The Morgan fingerprint density at radius 1 is 1.03 bits per heavy atom. The summed E-state index contributed by atoms with van der Waals surface area (Å²) in [5, 5.41) is 13.8. The van der Waals surface area contributed by atoms with E-state index < -0.39 is 28.5 Å². The van der Waals surface area contributed by atoms with Crippen molar-refractivity contribution in [2.45, 2.75) is 57.2 Å². The van der Waals surface area contributed by atoms with E-state index in [1.165, 1.54) is 18.8 Å². The van der Waals surface area contributed by atoms with E-state index in [0.717, 1.165) is 4.90 Å². The summed E-state index contributed by atoms with van der Waals surface area (Å²) in [6.45, 7) is 9.51. The molecule has 0 aliphatic rings. The van der Waals surface area contributed by atoms with Gasteiger partial charge in [-0.3, -0.25) is 19.6 Å². The Morgan fingerprint density at radius 3 is 2.07 bits per heavy atom. The summed E-state index contributed by atoms with van der Waals surface area (Å²) in [6, 6.07) is 8.48. The monoisotopic (exact) mass is 423 g/mol. The Balaban J connectivity index is 3.22. The third-order valence-corrected chi connectivity index (χ3v) is 5.80. The van der Waals surface area contributed by atoms with Gasteiger partial charge in [0, 0.05) is 11.9 Å². The van der Waals surface area contributed by atoms with Gasteiger partial charge in [0.2, 0.25) is 11.8 Å². The Labute approximate surface area is 177 Å². The molecule has 0 saturated carbocycles. The maximum Gasteiger partial charge on any atom is 0.257 e. The van der Waals surface area contributed by atoms with Gasteiger partial charge in [-0.15, -0.1) is 11.8 Å². The van der Waals surface area contributed by atoms with Crippen molar-refractivity contribution >= 4 is 29.5 Å². The van der Waals surface area contributed by atoms with Crippen LogP contribution in [-0.4, -0.2) is 41.3 Å². The molecule has 0 fully saturated rings. The Bertz CT molecular complexity index is 689. The number of benzene rings is 1. The first-order chi connectivity index (χ1) is 13.5. The van der Waals surface area contributed by atoms with E-state index in [9.17, 15) is 19.6 Å². The van der Waals surface area contributed by atoms with Crippen molar-refractivity contribution < 1.29 is 19.6 Å². The molecular formula is C21H33N3O4S. The topological polar surface area (TPSA) is 108 Å². The van der Waals surface area contributed by atoms with Gasteiger partial charge in [0.1, 0.15) is 11.3 Å². The fourth-order valence-corrected chi connectivity index (χ4v) is 4.14. The Kier molecular flexibility index (Phi) is 9.65. The van der Waals surface area contributed by atoms with Crippen LogP contribution in [0.2, 0.25) is 0 Å². The van der Waals surface area contributed by atoms with Crippen molar-refractivity contribution in [3.05, 3.63) is 30.3 Å². The molecule has 0 aliphatic heterocycles. The molecular weight excluding hydrogens is 390 g/mol. The number of likely N-dealkylation sites (N-methyl/N-ethyl adjacent to an activating group) is 1. The van der Waals surface area contributed by atoms with Crippen LogP contribution in [0.15, 0.2) is 35.2 Å². The molecule has 0 radical (unpaired) electrons. The molecule has 0 bridgehead atoms. The normalized spacial score (nSPS) is 14.6. The number of rotatable bonds is 9. The van der Waals surface area contributed by atoms with Crippen LogP contribution in [0.3, 0.4) is 0 Å². The van der Waals surface area contributed by atoms with Crippen molar-refractivity contribution in [2.75, 3.05) is 7.05 Å². The summed E-state index contributed by atoms with van der Waals surface area (Å²) in [5.41, 5.74) is 1.18. The third kappa shape index (κ3) is 7.70. The molecule has 1 rings (SSSR count). The molecule has 0 heterocycles. The van der Waals surface area contributed by atoms with Crippen molar-refractivity contribution in [1.29, 1.82) is 0 Å². The van der Waals surface area contributed by atoms with Gasteiger partial charge in [-0.2, -0.15) is 0 Å². The molecule has 4 N–H and O–H groups in total. The van der Waals surface area contributed by atoms with Gasteiger partial charge in [-0.05, 0) is 29.9 Å². The molecule has 1 aromatic carbocycles. The van der Waals surface area contributed by atoms with Crippen LogP contribution in [0, 0.1) is 17.3 Å². The summed E-state index contributed by atoms with van der Waals surface area (Å²) in [7, 11) is 1.52. The zero-order chi connectivity index (χ0) is 22.2. The van der Waals surface area contributed by atoms with Crippen LogP contribution in [0.1, 0.15) is 41.0 Å². The van der Waals surface area contributed by atoms with Crippen LogP contribution in [0.4, 0.5) is 0 Å². The lowest BCUT2D eigenvalue weighted by molar-refractivity contribution is -0.137. The van der Waals surface area contributed by atoms with Gasteiger partial charge in [0.05, 0.1) is 5.92 Å². The Hall–Kier alpha value is -2.06. The SMILES string of the molecule is CNC(=O)[C@@H](NC(=O)C(CC(C)C)[C@H](Sc1ccccc1)C(=O)NO)C(C)(C)C. The van der Waals surface area contributed by atoms with Crippen LogP contribution in [-0.2, 0) is 14.4 Å². The molecule has 29 heavy (non-hydrogen) atoms. The summed E-state index contributed by atoms with van der Waals surface area (Å²) >= 11 is 1.22. The minimum absolute atomic E-state index is 0.129. The van der Waals surface area contributed by atoms with E-state index >= 15 is 0 Å². The molecule has 0 spiro atoms. The number of carbonyl (C=O) groups excluding carboxylic acids is 3. The second kappa shape index (κ2) is 11.2. The van der Waals surface area contributed by atoms with Crippen LogP contribution < -0.4 is 16.1 Å². The maximum absolute atomic E-state index is 13.2. The fourth-order valence-electron chi connectivity index (χ4n) is 2.97. The van der Waals surface area contributed by atoms with Gasteiger partial charge in [-0.1, -0.05) is 52.8 Å². The lowest BCUT2D eigenvalue weighted by atomic mass is 9.85. The van der Waals surface area contributed by atoms with Gasteiger partial charge in [-0.25, -0.2) is 5.48 Å². The zero-order valence-electron chi connectivity index (χ0n) is 18.0. The number of thioether (sulfide) groups is 1. The summed E-state index contributed by atoms with van der Waals surface area (Å²) in [5.74, 6) is -1.94. The molecule has 7 nitrogen and oxygen atoms in total. The number of amides is 3. The third-order valence-electron chi connectivity index (χ3n) is 4.46. The molecule has 1 unspecified atom stereocenters. The lowest BCUT2D eigenvalue weighted by Gasteiger charge is -2.33. The molecule has 0 saturated heterocycles. The largest absolute Gasteiger partial charge is 0.357 e. The first kappa shape index (κ1) is 25.0. The first-order valence-electron chi connectivity index (χ1n) is 9.68. The molecule has 3 amide bonds. The van der Waals surface area contributed by atoms with Gasteiger partial charge >= 0.3 is 0 Å². The van der Waals surface area contributed by atoms with E-state index in [1.807, 2.05) is 65.0 Å². The Morgan fingerprint density at radius 2 is 1.62 bits per heavy atom. The van der Waals surface area contributed by atoms with Gasteiger partial charge in [0.25, 0.3) is 5.91 Å². The molecule has 8 heteroatoms. The second-order valence-corrected chi connectivity index (χ2v) is 9.70. The van der Waals surface area contributed by atoms with Crippen LogP contribution in [0.25, 0.3) is 0 Å². The first-order valence-corrected chi connectivity index (χ1v) is 10.6. The van der Waals surface area contributed by atoms with E-state index in [-0.39, 0.29) is 17.7 Å². The van der Waals surface area contributed by atoms with Gasteiger partial charge < -0.3 is 10.6 Å². The van der Waals surface area contributed by atoms with Crippen molar-refractivity contribution in [2.24, 2.45) is 17.3 Å². The fraction of sp³-hybridized carbons (Fsp3) is 0.571. The highest BCUT2D eigenvalue weighted by molar-refractivity contribution is 8.00. The lowest BCUT2D eigenvalue weighted by Crippen LogP contribution is -2.56. The summed E-state index contributed by atoms with van der Waals surface area (Å²) in [6.07, 6.45) is 0.425. The molecule has 0 aromatic heterocycles. The maximum atomic E-state index is 13.2. The molecule has 3 atom stereocenters. The molecule has 0 aliphatic carbocycles. The highest BCUT2D eigenvalue weighted by Gasteiger charge is 2.39. The smallest absolute Gasteiger partial charge is 0.257 e. The predicted molar refractivity (Wildman–Crippen MR) is 114 cm³/mol. The average molecular weight is 424 g/mol. The minimum Gasteiger partial charge on any atom is -0.357 e. The number of hydrogen-bond donors (Lipinski definition) is 4. The standard InChI is InChI=1S/C21H33N3O4S/c1-13(2)12-15(18(25)23-17(20(27)22-6)21(3,4)5)16(19(26)24-28)29-14-10-8-7-9-11-14/h7-11,13,15-17,28H,12H2,1-6H3,(H,22,27)(H,23,25)(H,24,26)/t15?,16-,17+/m0/s1. The highest BCUT2D eigenvalue weighted by atomic mass is 32.2. The number of hydroxylamine groups is 1. The van der Waals surface area contributed by atoms with E-state index in [0.29, 0.717) is 6.42 Å². The van der Waals surface area contributed by atoms with E-state index in [1.54, 1.807) is 5.48 Å². The van der Waals surface area contributed by atoms with Crippen LogP contribution >= 0.6 is 11.8 Å². The highest BCUT2D eigenvalue weighted by Crippen LogP contribution is 2.32. The minimum atomic E-state index is -0.852. The van der Waals surface area contributed by atoms with Gasteiger partial charge in [0.15, 0.2) is 0 Å². The van der Waals surface area contributed by atoms with E-state index in [4.69, 9.17) is 0 Å². The van der Waals surface area contributed by atoms with E-state index in [2.05, 4.69) is 10.6 Å². The number of hydrogen-bond acceptors (Lipinski definition) is 5. The number of carbonyl (C=O) groups is 3. The van der Waals surface area contributed by atoms with Crippen molar-refractivity contribution in [3.8, 4) is 0 Å². The molecule has 1 aromatic rings.